The first kappa shape index (κ1) is 13.1. The predicted molar refractivity (Wildman–Crippen MR) is 77.4 cm³/mol. The molecule has 2 heteroatoms. The zero-order valence-corrected chi connectivity index (χ0v) is 13.2. The third-order valence-corrected chi connectivity index (χ3v) is 9.39. The third kappa shape index (κ3) is 2.16. The van der Waals surface area contributed by atoms with Crippen LogP contribution in [0.25, 0.3) is 0 Å². The van der Waals surface area contributed by atoms with Crippen molar-refractivity contribution in [2.24, 2.45) is 29.6 Å². The molecule has 94 valence electrons. The van der Waals surface area contributed by atoms with E-state index in [1.165, 1.54) is 25.7 Å². The Bertz CT molecular complexity index is 316. The van der Waals surface area contributed by atoms with Gasteiger partial charge in [-0.1, -0.05) is 0 Å². The maximum atomic E-state index is 12.0. The Kier molecular flexibility index (Phi) is 4.21. The van der Waals surface area contributed by atoms with E-state index in [0.29, 0.717) is 3.92 Å². The molecule has 1 nitrogen and oxygen atoms in total. The van der Waals surface area contributed by atoms with Gasteiger partial charge in [-0.3, -0.25) is 0 Å². The molecular weight excluding hydrogens is 311 g/mol. The summed E-state index contributed by atoms with van der Waals surface area (Å²) in [6, 6.07) is 0. The van der Waals surface area contributed by atoms with Gasteiger partial charge in [-0.05, 0) is 0 Å². The summed E-state index contributed by atoms with van der Waals surface area (Å²) in [5.74, 6) is 4.33. The molecule has 2 saturated carbocycles. The first-order valence-electron chi connectivity index (χ1n) is 6.82. The normalized spacial score (nSPS) is 48.2. The molecule has 0 aromatic heterocycles. The fraction of sp³-hybridized carbons (Fsp3) is 1.00. The first-order chi connectivity index (χ1) is 7.56. The third-order valence-electron chi connectivity index (χ3n) is 5.21. The van der Waals surface area contributed by atoms with Crippen LogP contribution in [0.1, 0.15) is 46.5 Å². The molecular formula is C14H26IO+. The van der Waals surface area contributed by atoms with E-state index < -0.39 is 19.6 Å². The molecule has 0 N–H and O–H groups in total. The van der Waals surface area contributed by atoms with Crippen molar-refractivity contribution >= 4 is 19.6 Å². The fourth-order valence-corrected chi connectivity index (χ4v) is 8.64. The molecule has 0 spiro atoms. The van der Waals surface area contributed by atoms with E-state index in [0.717, 1.165) is 29.6 Å². The molecule has 0 amide bonds. The molecule has 6 atom stereocenters. The van der Waals surface area contributed by atoms with Crippen LogP contribution in [-0.4, -0.2) is 8.86 Å². The summed E-state index contributed by atoms with van der Waals surface area (Å²) in [5, 5.41) is 0. The number of hydrogen-bond acceptors (Lipinski definition) is 0. The number of halogens is 1. The van der Waals surface area contributed by atoms with E-state index >= 15 is 0 Å². The van der Waals surface area contributed by atoms with Gasteiger partial charge in [0.1, 0.15) is 0 Å². The second-order valence-electron chi connectivity index (χ2n) is 6.07. The van der Waals surface area contributed by atoms with Gasteiger partial charge in [-0.15, -0.1) is 0 Å². The van der Waals surface area contributed by atoms with Gasteiger partial charge in [0.25, 0.3) is 0 Å². The molecule has 0 radical (unpaired) electrons. The average Bonchev–Trinajstić information content (AvgIpc) is 2.52. The first-order valence-corrected chi connectivity index (χ1v) is 11.1. The van der Waals surface area contributed by atoms with Crippen molar-refractivity contribution in [3.8, 4) is 0 Å². The van der Waals surface area contributed by atoms with Crippen LogP contribution in [0.5, 0.6) is 0 Å². The molecule has 6 unspecified atom stereocenters. The average molecular weight is 337 g/mol. The zero-order chi connectivity index (χ0) is 11.9. The molecule has 2 rings (SSSR count). The van der Waals surface area contributed by atoms with Gasteiger partial charge in [-0.25, -0.2) is 0 Å². The van der Waals surface area contributed by atoms with Crippen LogP contribution in [-0.2, 0) is 2.89 Å². The molecule has 0 aliphatic heterocycles. The molecule has 16 heavy (non-hydrogen) atoms. The molecule has 0 aromatic carbocycles. The van der Waals surface area contributed by atoms with Crippen molar-refractivity contribution in [1.82, 2.24) is 0 Å². The molecule has 0 bridgehead atoms. The van der Waals surface area contributed by atoms with Crippen molar-refractivity contribution in [3.05, 3.63) is 0 Å². The Morgan fingerprint density at radius 3 is 2.19 bits per heavy atom. The van der Waals surface area contributed by atoms with Crippen LogP contribution < -0.4 is 0 Å². The Labute approximate surface area is 107 Å². The van der Waals surface area contributed by atoms with Gasteiger partial charge in [-0.2, -0.15) is 0 Å². The van der Waals surface area contributed by atoms with E-state index in [-0.39, 0.29) is 0 Å². The number of alkyl halides is 2. The van der Waals surface area contributed by atoms with Gasteiger partial charge >= 0.3 is 107 Å². The summed E-state index contributed by atoms with van der Waals surface area (Å²) in [5.41, 5.74) is 0. The van der Waals surface area contributed by atoms with Crippen LogP contribution in [0.15, 0.2) is 0 Å². The van der Waals surface area contributed by atoms with Gasteiger partial charge in [0.15, 0.2) is 0 Å². The maximum absolute atomic E-state index is 12.0. The Morgan fingerprint density at radius 2 is 1.81 bits per heavy atom. The predicted octanol–water partition coefficient (Wildman–Crippen LogP) is 4.57. The second kappa shape index (κ2) is 5.13. The summed E-state index contributed by atoms with van der Waals surface area (Å²) < 4.78 is 12.6. The monoisotopic (exact) mass is 337 g/mol. The minimum absolute atomic E-state index is 0.604. The van der Waals surface area contributed by atoms with Crippen LogP contribution in [0.4, 0.5) is 0 Å². The summed E-state index contributed by atoms with van der Waals surface area (Å²) >= 11 is -1.86. The summed E-state index contributed by atoms with van der Waals surface area (Å²) in [4.78, 5) is 2.04. The fourth-order valence-electron chi connectivity index (χ4n) is 4.27. The SMILES string of the molecule is CCC1C(C2CCC2C)CC(C)C1I(C)#[O+]. The van der Waals surface area contributed by atoms with E-state index in [1.807, 2.05) is 4.93 Å². The summed E-state index contributed by atoms with van der Waals surface area (Å²) in [6.07, 6.45) is 5.50. The van der Waals surface area contributed by atoms with Gasteiger partial charge in [0.05, 0.1) is 0 Å². The van der Waals surface area contributed by atoms with Gasteiger partial charge in [0.2, 0.25) is 0 Å². The Hall–Kier alpha value is 0.690. The van der Waals surface area contributed by atoms with Crippen molar-refractivity contribution in [3.63, 3.8) is 0 Å². The van der Waals surface area contributed by atoms with Crippen molar-refractivity contribution in [2.45, 2.75) is 50.4 Å². The van der Waals surface area contributed by atoms with Crippen LogP contribution in [0, 0.1) is 29.6 Å². The van der Waals surface area contributed by atoms with Crippen molar-refractivity contribution in [1.29, 1.82) is 0 Å². The molecule has 0 heterocycles. The van der Waals surface area contributed by atoms with Crippen molar-refractivity contribution in [2.75, 3.05) is 4.93 Å². The van der Waals surface area contributed by atoms with Gasteiger partial charge in [0, 0.05) is 0 Å². The Morgan fingerprint density at radius 1 is 1.12 bits per heavy atom. The second-order valence-corrected chi connectivity index (χ2v) is 10.1. The van der Waals surface area contributed by atoms with E-state index in [1.54, 1.807) is 0 Å². The molecule has 2 aliphatic rings. The van der Waals surface area contributed by atoms with Gasteiger partial charge < -0.3 is 0 Å². The molecule has 0 aromatic rings. The molecule has 2 aliphatic carbocycles. The van der Waals surface area contributed by atoms with Crippen LogP contribution in [0.2, 0.25) is 0 Å². The summed E-state index contributed by atoms with van der Waals surface area (Å²) in [6.45, 7) is 7.08. The van der Waals surface area contributed by atoms with Crippen LogP contribution >= 0.6 is 19.6 Å². The quantitative estimate of drug-likeness (QED) is 0.400. The minimum atomic E-state index is -1.86. The van der Waals surface area contributed by atoms with Crippen molar-refractivity contribution < 1.29 is 2.89 Å². The van der Waals surface area contributed by atoms with E-state index in [2.05, 4.69) is 20.8 Å². The number of hydrogen-bond donors (Lipinski definition) is 0. The van der Waals surface area contributed by atoms with E-state index in [9.17, 15) is 2.89 Å². The van der Waals surface area contributed by atoms with Crippen LogP contribution in [0.3, 0.4) is 0 Å². The molecule has 2 fully saturated rings. The number of rotatable bonds is 2. The Balaban J connectivity index is 2.13. The van der Waals surface area contributed by atoms with E-state index in [4.69, 9.17) is 0 Å². The zero-order valence-electron chi connectivity index (χ0n) is 11.1. The molecule has 0 saturated heterocycles. The standard InChI is InChI=1S/C14H26IO/c1-5-11-13(12-7-6-9(12)2)8-10(3)14(11)15(4)16/h9-14H,5-8H2,1-4H3/q+1. The summed E-state index contributed by atoms with van der Waals surface area (Å²) in [7, 11) is 0. The topological polar surface area (TPSA) is 19.9 Å².